The highest BCUT2D eigenvalue weighted by Gasteiger charge is 2.07. The Bertz CT molecular complexity index is 527. The van der Waals surface area contributed by atoms with E-state index in [0.29, 0.717) is 4.88 Å². The van der Waals surface area contributed by atoms with Crippen LogP contribution in [-0.2, 0) is 6.54 Å². The van der Waals surface area contributed by atoms with Gasteiger partial charge in [-0.25, -0.2) is 4.98 Å². The van der Waals surface area contributed by atoms with Crippen LogP contribution in [0, 0.1) is 0 Å². The summed E-state index contributed by atoms with van der Waals surface area (Å²) >= 11 is 4.85. The van der Waals surface area contributed by atoms with E-state index in [0.717, 1.165) is 22.4 Å². The molecule has 0 radical (unpaired) electrons. The molecule has 0 aliphatic heterocycles. The molecular formula is C12H11BrN2OS. The number of halogens is 1. The first kappa shape index (κ1) is 12.3. The molecule has 0 saturated heterocycles. The number of anilines is 1. The minimum atomic E-state index is 0.654. The van der Waals surface area contributed by atoms with E-state index in [4.69, 9.17) is 0 Å². The second-order valence-electron chi connectivity index (χ2n) is 3.65. The summed E-state index contributed by atoms with van der Waals surface area (Å²) in [5, 5.41) is 0.854. The smallest absolute Gasteiger partial charge is 0.185 e. The Labute approximate surface area is 112 Å². The summed E-state index contributed by atoms with van der Waals surface area (Å²) in [6, 6.07) is 8.14. The second-order valence-corrected chi connectivity index (χ2v) is 5.61. The number of benzene rings is 1. The first-order chi connectivity index (χ1) is 8.19. The van der Waals surface area contributed by atoms with Crippen LogP contribution in [0.15, 0.2) is 34.9 Å². The average Bonchev–Trinajstić information content (AvgIpc) is 2.77. The standard InChI is InChI=1S/C12H11BrN2OS/c1-15(12-14-6-11(8-16)17-12)7-9-3-2-4-10(13)5-9/h2-6,8H,7H2,1H3. The molecule has 1 aromatic carbocycles. The topological polar surface area (TPSA) is 33.2 Å². The maximum atomic E-state index is 10.6. The van der Waals surface area contributed by atoms with Crippen molar-refractivity contribution in [1.29, 1.82) is 0 Å². The lowest BCUT2D eigenvalue weighted by Gasteiger charge is -2.15. The first-order valence-electron chi connectivity index (χ1n) is 5.05. The summed E-state index contributed by atoms with van der Waals surface area (Å²) in [5.41, 5.74) is 1.20. The first-order valence-corrected chi connectivity index (χ1v) is 6.66. The Morgan fingerprint density at radius 3 is 3.00 bits per heavy atom. The molecule has 5 heteroatoms. The summed E-state index contributed by atoms with van der Waals surface area (Å²) in [6.07, 6.45) is 2.43. The molecule has 1 heterocycles. The van der Waals surface area contributed by atoms with E-state index in [1.54, 1.807) is 6.20 Å². The normalized spacial score (nSPS) is 10.2. The fourth-order valence-electron chi connectivity index (χ4n) is 1.48. The van der Waals surface area contributed by atoms with E-state index >= 15 is 0 Å². The number of carbonyl (C=O) groups excluding carboxylic acids is 1. The fraction of sp³-hybridized carbons (Fsp3) is 0.167. The largest absolute Gasteiger partial charge is 0.347 e. The minimum absolute atomic E-state index is 0.654. The predicted molar refractivity (Wildman–Crippen MR) is 73.8 cm³/mol. The molecule has 0 spiro atoms. The molecule has 2 aromatic rings. The molecule has 88 valence electrons. The van der Waals surface area contributed by atoms with Gasteiger partial charge in [0, 0.05) is 18.1 Å². The van der Waals surface area contributed by atoms with Crippen molar-refractivity contribution >= 4 is 38.7 Å². The molecule has 0 fully saturated rings. The molecule has 0 atom stereocenters. The molecule has 17 heavy (non-hydrogen) atoms. The van der Waals surface area contributed by atoms with Crippen molar-refractivity contribution in [2.45, 2.75) is 6.54 Å². The van der Waals surface area contributed by atoms with Gasteiger partial charge in [-0.15, -0.1) is 0 Å². The van der Waals surface area contributed by atoms with Crippen LogP contribution in [0.3, 0.4) is 0 Å². The van der Waals surface area contributed by atoms with Gasteiger partial charge in [0.1, 0.15) is 0 Å². The van der Waals surface area contributed by atoms with E-state index < -0.39 is 0 Å². The summed E-state index contributed by atoms with van der Waals surface area (Å²) < 4.78 is 1.07. The number of carbonyl (C=O) groups is 1. The Morgan fingerprint density at radius 1 is 1.53 bits per heavy atom. The Morgan fingerprint density at radius 2 is 2.35 bits per heavy atom. The second kappa shape index (κ2) is 5.42. The van der Waals surface area contributed by atoms with Gasteiger partial charge in [-0.2, -0.15) is 0 Å². The number of aromatic nitrogens is 1. The van der Waals surface area contributed by atoms with Gasteiger partial charge in [-0.3, -0.25) is 4.79 Å². The minimum Gasteiger partial charge on any atom is -0.347 e. The summed E-state index contributed by atoms with van der Waals surface area (Å²) in [7, 11) is 1.97. The van der Waals surface area contributed by atoms with E-state index in [1.165, 1.54) is 16.9 Å². The van der Waals surface area contributed by atoms with Gasteiger partial charge in [0.2, 0.25) is 0 Å². The zero-order valence-electron chi connectivity index (χ0n) is 9.26. The van der Waals surface area contributed by atoms with Crippen LogP contribution < -0.4 is 4.90 Å². The lowest BCUT2D eigenvalue weighted by molar-refractivity contribution is 0.112. The van der Waals surface area contributed by atoms with E-state index in [1.807, 2.05) is 24.1 Å². The van der Waals surface area contributed by atoms with Gasteiger partial charge in [0.25, 0.3) is 0 Å². The SMILES string of the molecule is CN(Cc1cccc(Br)c1)c1ncc(C=O)s1. The quantitative estimate of drug-likeness (QED) is 0.812. The highest BCUT2D eigenvalue weighted by atomic mass is 79.9. The van der Waals surface area contributed by atoms with E-state index in [-0.39, 0.29) is 0 Å². The van der Waals surface area contributed by atoms with Gasteiger partial charge in [0.05, 0.1) is 11.1 Å². The predicted octanol–water partition coefficient (Wildman–Crippen LogP) is 3.35. The number of thiazole rings is 1. The molecule has 0 aliphatic carbocycles. The third kappa shape index (κ3) is 3.14. The molecule has 2 rings (SSSR count). The number of rotatable bonds is 4. The molecule has 1 aromatic heterocycles. The van der Waals surface area contributed by atoms with Crippen LogP contribution in [0.25, 0.3) is 0 Å². The molecule has 0 N–H and O–H groups in total. The lowest BCUT2D eigenvalue weighted by atomic mass is 10.2. The maximum absolute atomic E-state index is 10.6. The summed E-state index contributed by atoms with van der Waals surface area (Å²) in [6.45, 7) is 0.769. The van der Waals surface area contributed by atoms with Crippen molar-refractivity contribution < 1.29 is 4.79 Å². The summed E-state index contributed by atoms with van der Waals surface area (Å²) in [5.74, 6) is 0. The molecule has 3 nitrogen and oxygen atoms in total. The van der Waals surface area contributed by atoms with Crippen LogP contribution in [0.5, 0.6) is 0 Å². The number of aldehydes is 1. The Kier molecular flexibility index (Phi) is 3.91. The van der Waals surface area contributed by atoms with Crippen LogP contribution in [0.2, 0.25) is 0 Å². The lowest BCUT2D eigenvalue weighted by Crippen LogP contribution is -2.15. The van der Waals surface area contributed by atoms with Crippen LogP contribution >= 0.6 is 27.3 Å². The van der Waals surface area contributed by atoms with Crippen molar-refractivity contribution in [3.8, 4) is 0 Å². The van der Waals surface area contributed by atoms with Crippen LogP contribution in [0.4, 0.5) is 5.13 Å². The van der Waals surface area contributed by atoms with E-state index in [2.05, 4.69) is 33.0 Å². The van der Waals surface area contributed by atoms with Crippen LogP contribution in [-0.4, -0.2) is 18.3 Å². The number of nitrogens with zero attached hydrogens (tertiary/aromatic N) is 2. The zero-order valence-corrected chi connectivity index (χ0v) is 11.7. The van der Waals surface area contributed by atoms with Gasteiger partial charge >= 0.3 is 0 Å². The third-order valence-electron chi connectivity index (χ3n) is 2.26. The molecule has 0 aliphatic rings. The monoisotopic (exact) mass is 310 g/mol. The van der Waals surface area contributed by atoms with E-state index in [9.17, 15) is 4.79 Å². The highest BCUT2D eigenvalue weighted by Crippen LogP contribution is 2.22. The number of hydrogen-bond donors (Lipinski definition) is 0. The molecular weight excluding hydrogens is 300 g/mol. The Hall–Kier alpha value is -1.20. The molecule has 0 amide bonds. The highest BCUT2D eigenvalue weighted by molar-refractivity contribution is 9.10. The average molecular weight is 311 g/mol. The van der Waals surface area contributed by atoms with Crippen molar-refractivity contribution in [2.24, 2.45) is 0 Å². The molecule has 0 bridgehead atoms. The fourth-order valence-corrected chi connectivity index (χ4v) is 2.62. The van der Waals surface area contributed by atoms with Gasteiger partial charge in [-0.05, 0) is 17.7 Å². The van der Waals surface area contributed by atoms with Gasteiger partial charge in [-0.1, -0.05) is 39.4 Å². The third-order valence-corrected chi connectivity index (χ3v) is 3.79. The summed E-state index contributed by atoms with van der Waals surface area (Å²) in [4.78, 5) is 17.5. The van der Waals surface area contributed by atoms with Gasteiger partial charge < -0.3 is 4.90 Å². The van der Waals surface area contributed by atoms with Crippen molar-refractivity contribution in [1.82, 2.24) is 4.98 Å². The zero-order chi connectivity index (χ0) is 12.3. The Balaban J connectivity index is 2.10. The maximum Gasteiger partial charge on any atom is 0.185 e. The van der Waals surface area contributed by atoms with Gasteiger partial charge in [0.15, 0.2) is 11.4 Å². The molecule has 0 saturated carbocycles. The van der Waals surface area contributed by atoms with Crippen LogP contribution in [0.1, 0.15) is 15.2 Å². The number of hydrogen-bond acceptors (Lipinski definition) is 4. The molecule has 0 unspecified atom stereocenters. The van der Waals surface area contributed by atoms with Crippen molar-refractivity contribution in [3.63, 3.8) is 0 Å². The van der Waals surface area contributed by atoms with Crippen molar-refractivity contribution in [2.75, 3.05) is 11.9 Å². The van der Waals surface area contributed by atoms with Crippen molar-refractivity contribution in [3.05, 3.63) is 45.4 Å².